The Morgan fingerprint density at radius 1 is 0.974 bits per heavy atom. The summed E-state index contributed by atoms with van der Waals surface area (Å²) in [5.41, 5.74) is 4.06. The average molecular weight is 542 g/mol. The lowest BCUT2D eigenvalue weighted by molar-refractivity contribution is 0.103. The number of methoxy groups -OCH3 is 1. The Hall–Kier alpha value is -4.54. The molecule has 0 saturated heterocycles. The molecule has 0 unspecified atom stereocenters. The third-order valence-corrected chi connectivity index (χ3v) is 7.27. The van der Waals surface area contributed by atoms with Crippen LogP contribution in [-0.2, 0) is 11.3 Å². The summed E-state index contributed by atoms with van der Waals surface area (Å²) in [6, 6.07) is 17.2. The molecule has 10 heteroatoms. The SMILES string of the molecule is COCCNc1c(Nc2cc(NC(=O)c3sccc3NCc3ccnc4ccccc34)ccc2C)c(=O)c1=O. The maximum atomic E-state index is 13.2. The van der Waals surface area contributed by atoms with Crippen molar-refractivity contribution >= 4 is 56.6 Å². The zero-order valence-corrected chi connectivity index (χ0v) is 22.3. The number of ether oxygens (including phenoxy) is 1. The minimum atomic E-state index is -0.583. The molecule has 2 aromatic heterocycles. The van der Waals surface area contributed by atoms with Gasteiger partial charge in [-0.25, -0.2) is 0 Å². The highest BCUT2D eigenvalue weighted by Crippen LogP contribution is 2.29. The minimum Gasteiger partial charge on any atom is -0.383 e. The lowest BCUT2D eigenvalue weighted by atomic mass is 10.1. The molecule has 39 heavy (non-hydrogen) atoms. The van der Waals surface area contributed by atoms with Gasteiger partial charge in [-0.3, -0.25) is 19.4 Å². The average Bonchev–Trinajstić information content (AvgIpc) is 3.43. The fourth-order valence-electron chi connectivity index (χ4n) is 4.24. The van der Waals surface area contributed by atoms with E-state index in [1.807, 2.05) is 54.8 Å². The summed E-state index contributed by atoms with van der Waals surface area (Å²) in [4.78, 5) is 42.4. The molecule has 0 fully saturated rings. The van der Waals surface area contributed by atoms with Crippen molar-refractivity contribution in [1.29, 1.82) is 0 Å². The van der Waals surface area contributed by atoms with Crippen molar-refractivity contribution < 1.29 is 9.53 Å². The molecule has 0 saturated carbocycles. The van der Waals surface area contributed by atoms with E-state index >= 15 is 0 Å². The molecule has 5 rings (SSSR count). The van der Waals surface area contributed by atoms with Gasteiger partial charge in [0.15, 0.2) is 0 Å². The van der Waals surface area contributed by atoms with Crippen LogP contribution in [0, 0.1) is 6.92 Å². The van der Waals surface area contributed by atoms with Crippen molar-refractivity contribution in [2.45, 2.75) is 13.5 Å². The molecule has 4 N–H and O–H groups in total. The van der Waals surface area contributed by atoms with Crippen LogP contribution < -0.4 is 32.1 Å². The Morgan fingerprint density at radius 3 is 2.64 bits per heavy atom. The molecular weight excluding hydrogens is 514 g/mol. The van der Waals surface area contributed by atoms with Crippen LogP contribution in [0.3, 0.4) is 0 Å². The zero-order valence-electron chi connectivity index (χ0n) is 21.5. The number of aryl methyl sites for hydroxylation is 1. The number of hydrogen-bond donors (Lipinski definition) is 4. The first-order valence-electron chi connectivity index (χ1n) is 12.4. The van der Waals surface area contributed by atoms with E-state index in [4.69, 9.17) is 4.74 Å². The fourth-order valence-corrected chi connectivity index (χ4v) is 5.00. The number of carbonyl (C=O) groups is 1. The summed E-state index contributed by atoms with van der Waals surface area (Å²) in [6.45, 7) is 3.22. The number of anilines is 5. The van der Waals surface area contributed by atoms with Gasteiger partial charge in [0.05, 0.1) is 17.8 Å². The quantitative estimate of drug-likeness (QED) is 0.138. The molecule has 0 radical (unpaired) electrons. The number of aromatic nitrogens is 1. The van der Waals surface area contributed by atoms with Crippen molar-refractivity contribution in [2.24, 2.45) is 0 Å². The Morgan fingerprint density at radius 2 is 1.79 bits per heavy atom. The summed E-state index contributed by atoms with van der Waals surface area (Å²) in [7, 11) is 1.56. The first-order valence-corrected chi connectivity index (χ1v) is 13.2. The van der Waals surface area contributed by atoms with Gasteiger partial charge >= 0.3 is 0 Å². The second kappa shape index (κ2) is 11.5. The molecule has 0 bridgehead atoms. The van der Waals surface area contributed by atoms with Crippen LogP contribution in [0.4, 0.5) is 28.4 Å². The van der Waals surface area contributed by atoms with Gasteiger partial charge in [0.25, 0.3) is 16.8 Å². The summed E-state index contributed by atoms with van der Waals surface area (Å²) in [6.07, 6.45) is 1.78. The molecule has 3 aromatic carbocycles. The largest absolute Gasteiger partial charge is 0.383 e. The van der Waals surface area contributed by atoms with E-state index < -0.39 is 10.9 Å². The number of nitrogens with one attached hydrogen (secondary N) is 4. The van der Waals surface area contributed by atoms with Crippen LogP contribution >= 0.6 is 11.3 Å². The van der Waals surface area contributed by atoms with E-state index in [9.17, 15) is 14.4 Å². The van der Waals surface area contributed by atoms with Gasteiger partial charge in [-0.2, -0.15) is 0 Å². The monoisotopic (exact) mass is 541 g/mol. The molecule has 0 aliphatic carbocycles. The van der Waals surface area contributed by atoms with Crippen molar-refractivity contribution in [1.82, 2.24) is 4.98 Å². The molecule has 1 amide bonds. The van der Waals surface area contributed by atoms with Crippen molar-refractivity contribution in [3.8, 4) is 0 Å². The number of amides is 1. The predicted molar refractivity (Wildman–Crippen MR) is 158 cm³/mol. The molecule has 0 aliphatic rings. The lowest BCUT2D eigenvalue weighted by Crippen LogP contribution is -2.37. The number of pyridine rings is 1. The number of nitrogens with zero attached hydrogens (tertiary/aromatic N) is 1. The van der Waals surface area contributed by atoms with Gasteiger partial charge in [-0.05, 0) is 53.8 Å². The Kier molecular flexibility index (Phi) is 7.67. The van der Waals surface area contributed by atoms with E-state index in [-0.39, 0.29) is 17.3 Å². The highest BCUT2D eigenvalue weighted by molar-refractivity contribution is 7.12. The highest BCUT2D eigenvalue weighted by atomic mass is 32.1. The summed E-state index contributed by atoms with van der Waals surface area (Å²) >= 11 is 1.35. The highest BCUT2D eigenvalue weighted by Gasteiger charge is 2.21. The number of thiophene rings is 1. The lowest BCUT2D eigenvalue weighted by Gasteiger charge is -2.17. The van der Waals surface area contributed by atoms with Crippen LogP contribution in [0.25, 0.3) is 10.9 Å². The molecule has 198 valence electrons. The van der Waals surface area contributed by atoms with Gasteiger partial charge in [-0.15, -0.1) is 11.3 Å². The first kappa shape index (κ1) is 26.1. The van der Waals surface area contributed by atoms with Gasteiger partial charge in [-0.1, -0.05) is 24.3 Å². The van der Waals surface area contributed by atoms with Crippen molar-refractivity contribution in [3.05, 3.63) is 103 Å². The van der Waals surface area contributed by atoms with E-state index in [0.717, 1.165) is 27.7 Å². The minimum absolute atomic E-state index is 0.205. The number of rotatable bonds is 11. The van der Waals surface area contributed by atoms with Crippen LogP contribution in [0.15, 0.2) is 75.8 Å². The number of benzene rings is 2. The van der Waals surface area contributed by atoms with Gasteiger partial charge in [0.2, 0.25) is 0 Å². The standard InChI is InChI=1S/C29H27N5O4S/c1-17-7-8-19(15-23(17)34-25-24(26(35)27(25)36)31-12-13-38-2)33-29(37)28-22(10-14-39-28)32-16-18-9-11-30-21-6-4-3-5-20(18)21/h3-11,14-15,31-32,34H,12-13,16H2,1-2H3,(H,33,37). The first-order chi connectivity index (χ1) is 19.0. The fraction of sp³-hybridized carbons (Fsp3) is 0.172. The van der Waals surface area contributed by atoms with E-state index in [1.54, 1.807) is 25.4 Å². The van der Waals surface area contributed by atoms with E-state index in [2.05, 4.69) is 26.3 Å². The van der Waals surface area contributed by atoms with E-state index in [1.165, 1.54) is 11.3 Å². The Bertz CT molecular complexity index is 1720. The van der Waals surface area contributed by atoms with E-state index in [0.29, 0.717) is 35.9 Å². The molecule has 0 aliphatic heterocycles. The van der Waals surface area contributed by atoms with Crippen molar-refractivity contribution in [3.63, 3.8) is 0 Å². The number of fused-ring (bicyclic) bond motifs is 1. The molecular formula is C29H27N5O4S. The summed E-state index contributed by atoms with van der Waals surface area (Å²) in [5, 5.41) is 15.3. The summed E-state index contributed by atoms with van der Waals surface area (Å²) in [5.74, 6) is -0.252. The molecule has 0 spiro atoms. The maximum absolute atomic E-state index is 13.2. The van der Waals surface area contributed by atoms with Gasteiger partial charge < -0.3 is 26.0 Å². The zero-order chi connectivity index (χ0) is 27.4. The predicted octanol–water partition coefficient (Wildman–Crippen LogP) is 4.87. The summed E-state index contributed by atoms with van der Waals surface area (Å²) < 4.78 is 4.99. The second-order valence-electron chi connectivity index (χ2n) is 8.94. The third-order valence-electron chi connectivity index (χ3n) is 6.35. The van der Waals surface area contributed by atoms with Gasteiger partial charge in [0, 0.05) is 43.2 Å². The topological polar surface area (TPSA) is 121 Å². The maximum Gasteiger partial charge on any atom is 0.267 e. The Labute approximate surface area is 228 Å². The molecule has 2 heterocycles. The van der Waals surface area contributed by atoms with Crippen molar-refractivity contribution in [2.75, 3.05) is 41.5 Å². The van der Waals surface area contributed by atoms with Gasteiger partial charge in [0.1, 0.15) is 16.3 Å². The van der Waals surface area contributed by atoms with Crippen LogP contribution in [0.5, 0.6) is 0 Å². The third kappa shape index (κ3) is 5.52. The second-order valence-corrected chi connectivity index (χ2v) is 9.86. The normalized spacial score (nSPS) is 11.0. The molecule has 0 atom stereocenters. The molecule has 9 nitrogen and oxygen atoms in total. The smallest absolute Gasteiger partial charge is 0.267 e. The van der Waals surface area contributed by atoms with Crippen LogP contribution in [0.1, 0.15) is 20.8 Å². The number of carbonyl (C=O) groups excluding carboxylic acids is 1. The Balaban J connectivity index is 1.29. The number of hydrogen-bond acceptors (Lipinski definition) is 9. The molecule has 5 aromatic rings. The number of para-hydroxylation sites is 1. The van der Waals surface area contributed by atoms with Crippen LogP contribution in [-0.4, -0.2) is 31.2 Å². The van der Waals surface area contributed by atoms with Crippen LogP contribution in [0.2, 0.25) is 0 Å².